The predicted octanol–water partition coefficient (Wildman–Crippen LogP) is -0.205. The molecule has 0 aliphatic heterocycles. The summed E-state index contributed by atoms with van der Waals surface area (Å²) in [5.74, 6) is 9.95. The van der Waals surface area contributed by atoms with Crippen LogP contribution in [0.15, 0.2) is 12.1 Å². The van der Waals surface area contributed by atoms with E-state index in [1.165, 1.54) is 7.05 Å². The summed E-state index contributed by atoms with van der Waals surface area (Å²) in [4.78, 5) is 11.5. The second-order valence-electron chi connectivity index (χ2n) is 3.48. The zero-order valence-corrected chi connectivity index (χ0v) is 9.59. The smallest absolute Gasteiger partial charge is 0.352 e. The van der Waals surface area contributed by atoms with E-state index in [4.69, 9.17) is 16.9 Å². The molecular weight excluding hydrogens is 241 g/mol. The van der Waals surface area contributed by atoms with Crippen LogP contribution >= 0.6 is 0 Å². The molecule has 0 fully saturated rings. The fourth-order valence-corrected chi connectivity index (χ4v) is 1.38. The SMILES string of the molecule is CN(N)C(=O)N(N)c1cc(F)cc(C#N)c1CO. The molecule has 2 amide bonds. The minimum Gasteiger partial charge on any atom is -0.392 e. The van der Waals surface area contributed by atoms with E-state index in [0.717, 1.165) is 12.1 Å². The van der Waals surface area contributed by atoms with Crippen molar-refractivity contribution < 1.29 is 14.3 Å². The maximum absolute atomic E-state index is 13.3. The van der Waals surface area contributed by atoms with E-state index in [1.807, 2.05) is 0 Å². The molecule has 1 rings (SSSR count). The summed E-state index contributed by atoms with van der Waals surface area (Å²) in [6.45, 7) is -0.562. The topological polar surface area (TPSA) is 120 Å². The van der Waals surface area contributed by atoms with Crippen LogP contribution in [0, 0.1) is 17.1 Å². The number of hydrogen-bond acceptors (Lipinski definition) is 5. The van der Waals surface area contributed by atoms with Crippen LogP contribution in [0.1, 0.15) is 11.1 Å². The van der Waals surface area contributed by atoms with Crippen LogP contribution in [0.5, 0.6) is 0 Å². The highest BCUT2D eigenvalue weighted by Crippen LogP contribution is 2.24. The van der Waals surface area contributed by atoms with Crippen LogP contribution in [0.3, 0.4) is 0 Å². The molecule has 1 aromatic rings. The van der Waals surface area contributed by atoms with Crippen molar-refractivity contribution in [1.29, 1.82) is 5.26 Å². The summed E-state index contributed by atoms with van der Waals surface area (Å²) < 4.78 is 13.3. The van der Waals surface area contributed by atoms with Gasteiger partial charge in [-0.15, -0.1) is 0 Å². The van der Waals surface area contributed by atoms with Crippen molar-refractivity contribution in [3.8, 4) is 6.07 Å². The average molecular weight is 253 g/mol. The first-order valence-corrected chi connectivity index (χ1v) is 4.83. The Balaban J connectivity index is 3.36. The number of hydrazine groups is 2. The summed E-state index contributed by atoms with van der Waals surface area (Å²) in [6, 6.07) is 2.77. The van der Waals surface area contributed by atoms with E-state index in [0.29, 0.717) is 10.0 Å². The largest absolute Gasteiger partial charge is 0.392 e. The molecule has 0 aliphatic rings. The van der Waals surface area contributed by atoms with Crippen LogP contribution in [0.25, 0.3) is 0 Å². The van der Waals surface area contributed by atoms with Crippen molar-refractivity contribution in [2.45, 2.75) is 6.61 Å². The number of anilines is 1. The number of halogens is 1. The van der Waals surface area contributed by atoms with Gasteiger partial charge in [-0.1, -0.05) is 0 Å². The fraction of sp³-hybridized carbons (Fsp3) is 0.200. The molecule has 18 heavy (non-hydrogen) atoms. The van der Waals surface area contributed by atoms with Gasteiger partial charge in [0.1, 0.15) is 5.82 Å². The van der Waals surface area contributed by atoms with Crippen molar-refractivity contribution in [2.75, 3.05) is 12.1 Å². The third-order valence-corrected chi connectivity index (χ3v) is 2.24. The van der Waals surface area contributed by atoms with Gasteiger partial charge in [0.05, 0.1) is 23.9 Å². The first kappa shape index (κ1) is 13.9. The van der Waals surface area contributed by atoms with Crippen molar-refractivity contribution in [3.63, 3.8) is 0 Å². The van der Waals surface area contributed by atoms with Gasteiger partial charge in [0.25, 0.3) is 0 Å². The number of aliphatic hydroxyl groups is 1. The molecule has 0 unspecified atom stereocenters. The van der Waals surface area contributed by atoms with Gasteiger partial charge in [-0.2, -0.15) is 5.26 Å². The van der Waals surface area contributed by atoms with Gasteiger partial charge >= 0.3 is 6.03 Å². The van der Waals surface area contributed by atoms with Gasteiger partial charge in [0.2, 0.25) is 0 Å². The highest BCUT2D eigenvalue weighted by atomic mass is 19.1. The minimum atomic E-state index is -0.820. The Kier molecular flexibility index (Phi) is 4.17. The molecule has 0 bridgehead atoms. The van der Waals surface area contributed by atoms with Gasteiger partial charge in [0, 0.05) is 12.6 Å². The molecular formula is C10H12FN5O2. The van der Waals surface area contributed by atoms with E-state index in [9.17, 15) is 14.3 Å². The Bertz CT molecular complexity index is 512. The minimum absolute atomic E-state index is 0.0524. The molecule has 7 nitrogen and oxygen atoms in total. The Hall–Kier alpha value is -2.21. The molecule has 0 saturated heterocycles. The zero-order chi connectivity index (χ0) is 13.9. The first-order valence-electron chi connectivity index (χ1n) is 4.83. The highest BCUT2D eigenvalue weighted by molar-refractivity contribution is 5.91. The third-order valence-electron chi connectivity index (χ3n) is 2.24. The van der Waals surface area contributed by atoms with Crippen LogP contribution < -0.4 is 16.7 Å². The quantitative estimate of drug-likeness (QED) is 0.383. The Morgan fingerprint density at radius 2 is 2.17 bits per heavy atom. The van der Waals surface area contributed by atoms with E-state index >= 15 is 0 Å². The van der Waals surface area contributed by atoms with Crippen molar-refractivity contribution >= 4 is 11.7 Å². The van der Waals surface area contributed by atoms with Gasteiger partial charge in [0.15, 0.2) is 0 Å². The molecule has 0 heterocycles. The maximum atomic E-state index is 13.3. The molecule has 0 aliphatic carbocycles. The normalized spacial score (nSPS) is 9.78. The second kappa shape index (κ2) is 5.42. The average Bonchev–Trinajstić information content (AvgIpc) is 2.35. The van der Waals surface area contributed by atoms with Crippen molar-refractivity contribution in [1.82, 2.24) is 5.01 Å². The molecule has 0 aromatic heterocycles. The van der Waals surface area contributed by atoms with Crippen molar-refractivity contribution in [3.05, 3.63) is 29.1 Å². The lowest BCUT2D eigenvalue weighted by Gasteiger charge is -2.23. The van der Waals surface area contributed by atoms with Gasteiger partial charge in [-0.05, 0) is 12.1 Å². The summed E-state index contributed by atoms with van der Waals surface area (Å²) >= 11 is 0. The van der Waals surface area contributed by atoms with E-state index in [1.54, 1.807) is 6.07 Å². The van der Waals surface area contributed by atoms with Gasteiger partial charge < -0.3 is 5.11 Å². The number of rotatable bonds is 2. The van der Waals surface area contributed by atoms with Crippen LogP contribution in [-0.4, -0.2) is 23.2 Å². The Morgan fingerprint density at radius 3 is 2.61 bits per heavy atom. The van der Waals surface area contributed by atoms with E-state index < -0.39 is 18.5 Å². The van der Waals surface area contributed by atoms with Crippen molar-refractivity contribution in [2.24, 2.45) is 11.7 Å². The van der Waals surface area contributed by atoms with Gasteiger partial charge in [-0.25, -0.2) is 25.9 Å². The number of benzene rings is 1. The molecule has 1 aromatic carbocycles. The number of amides is 2. The van der Waals surface area contributed by atoms with Crippen LogP contribution in [-0.2, 0) is 6.61 Å². The predicted molar refractivity (Wildman–Crippen MR) is 61.1 cm³/mol. The number of hydrogen-bond donors (Lipinski definition) is 3. The first-order chi connectivity index (χ1) is 8.42. The van der Waals surface area contributed by atoms with E-state index in [2.05, 4.69) is 0 Å². The fourth-order valence-electron chi connectivity index (χ4n) is 1.38. The molecule has 0 atom stereocenters. The monoisotopic (exact) mass is 253 g/mol. The zero-order valence-electron chi connectivity index (χ0n) is 9.59. The molecule has 0 spiro atoms. The number of aliphatic hydroxyl groups excluding tert-OH is 1. The highest BCUT2D eigenvalue weighted by Gasteiger charge is 2.20. The Labute approximate surface area is 103 Å². The Morgan fingerprint density at radius 1 is 1.56 bits per heavy atom. The number of nitrogens with zero attached hydrogens (tertiary/aromatic N) is 3. The summed E-state index contributed by atoms with van der Waals surface area (Å²) in [6.07, 6.45) is 0. The molecule has 5 N–H and O–H groups in total. The lowest BCUT2D eigenvalue weighted by atomic mass is 10.1. The standard InChI is InChI=1S/C10H12FN5O2/c1-15(13)10(18)16(14)9-3-7(11)2-6(4-12)8(9)5-17/h2-3,17H,5,13-14H2,1H3. The number of urea groups is 1. The van der Waals surface area contributed by atoms with Gasteiger partial charge in [-0.3, -0.25) is 5.01 Å². The second-order valence-corrected chi connectivity index (χ2v) is 3.48. The molecule has 96 valence electrons. The van der Waals surface area contributed by atoms with Crippen LogP contribution in [0.4, 0.5) is 14.9 Å². The summed E-state index contributed by atoms with van der Waals surface area (Å²) in [5, 5.41) is 19.3. The molecule has 8 heteroatoms. The number of nitrogens with two attached hydrogens (primary N) is 2. The number of carbonyl (C=O) groups excluding carboxylic acids is 1. The summed E-state index contributed by atoms with van der Waals surface area (Å²) in [7, 11) is 1.26. The molecule has 0 saturated carbocycles. The van der Waals surface area contributed by atoms with E-state index in [-0.39, 0.29) is 16.8 Å². The third kappa shape index (κ3) is 2.54. The summed E-state index contributed by atoms with van der Waals surface area (Å²) in [5.41, 5.74) is -0.164. The lowest BCUT2D eigenvalue weighted by Crippen LogP contribution is -2.49. The number of nitriles is 1. The van der Waals surface area contributed by atoms with Crippen LogP contribution in [0.2, 0.25) is 0 Å². The molecule has 0 radical (unpaired) electrons. The maximum Gasteiger partial charge on any atom is 0.352 e. The number of carbonyl (C=O) groups is 1. The lowest BCUT2D eigenvalue weighted by molar-refractivity contribution is 0.216.